The molecule has 0 aliphatic carbocycles. The van der Waals surface area contributed by atoms with Crippen LogP contribution in [0, 0.1) is 0 Å². The number of aromatic nitrogens is 5. The van der Waals surface area contributed by atoms with Crippen molar-refractivity contribution in [3.05, 3.63) is 200 Å². The van der Waals surface area contributed by atoms with Crippen molar-refractivity contribution in [1.29, 1.82) is 0 Å². The molecule has 4 heterocycles. The Morgan fingerprint density at radius 3 is 1.56 bits per heavy atom. The van der Waals surface area contributed by atoms with Gasteiger partial charge in [-0.1, -0.05) is 109 Å². The largest absolute Gasteiger partial charge is 0.436 e. The van der Waals surface area contributed by atoms with Crippen LogP contribution in [0.5, 0.6) is 0 Å². The fraction of sp³-hybridized carbons (Fsp3) is 0. The molecule has 0 fully saturated rings. The van der Waals surface area contributed by atoms with Crippen molar-refractivity contribution >= 4 is 54.7 Å². The molecule has 0 aliphatic heterocycles. The van der Waals surface area contributed by atoms with Gasteiger partial charge in [-0.05, 0) is 91.0 Å². The molecule has 0 atom stereocenters. The van der Waals surface area contributed by atoms with Gasteiger partial charge in [0, 0.05) is 55.2 Å². The van der Waals surface area contributed by atoms with Gasteiger partial charge in [0.15, 0.2) is 11.4 Å². The fourth-order valence-corrected chi connectivity index (χ4v) is 8.62. The minimum absolute atomic E-state index is 0.582. The summed E-state index contributed by atoms with van der Waals surface area (Å²) in [6.45, 7) is 0. The predicted octanol–water partition coefficient (Wildman–Crippen LogP) is 13.5. The zero-order chi connectivity index (χ0) is 38.9. The topological polar surface area (TPSA) is 61.7 Å². The first-order valence-corrected chi connectivity index (χ1v) is 19.8. The maximum atomic E-state index is 6.20. The third kappa shape index (κ3) is 5.46. The molecule has 0 spiro atoms. The summed E-state index contributed by atoms with van der Waals surface area (Å²) in [5.74, 6) is 1.19. The summed E-state index contributed by atoms with van der Waals surface area (Å²) in [5.41, 5.74) is 13.7. The summed E-state index contributed by atoms with van der Waals surface area (Å²) < 4.78 is 10.9. The number of benzene rings is 8. The van der Waals surface area contributed by atoms with Crippen LogP contribution in [0.4, 0.5) is 0 Å². The van der Waals surface area contributed by atoms with Crippen molar-refractivity contribution in [2.75, 3.05) is 0 Å². The average molecular weight is 756 g/mol. The van der Waals surface area contributed by atoms with Crippen LogP contribution in [0.3, 0.4) is 0 Å². The van der Waals surface area contributed by atoms with Crippen molar-refractivity contribution in [2.24, 2.45) is 0 Å². The predicted molar refractivity (Wildman–Crippen MR) is 240 cm³/mol. The van der Waals surface area contributed by atoms with E-state index in [9.17, 15) is 0 Å². The highest BCUT2D eigenvalue weighted by Gasteiger charge is 2.19. The van der Waals surface area contributed by atoms with Crippen LogP contribution in [0.15, 0.2) is 205 Å². The Labute approximate surface area is 338 Å². The van der Waals surface area contributed by atoms with Gasteiger partial charge in [0.2, 0.25) is 5.89 Å². The van der Waals surface area contributed by atoms with Crippen LogP contribution in [0.1, 0.15) is 0 Å². The molecule has 12 rings (SSSR count). The summed E-state index contributed by atoms with van der Waals surface area (Å²) in [6.07, 6.45) is 0. The SMILES string of the molecule is c1ccc(-c2nc3cc(-c4nc(-c5ccc6c(c5)c5ccccc5n6-c5ccccc5)cc(-c5ccc6c7ccccc7n(-c7ccccc7)c6c5)n4)ccc3o2)cc1. The lowest BCUT2D eigenvalue weighted by molar-refractivity contribution is 0.620. The Balaban J connectivity index is 1.07. The third-order valence-corrected chi connectivity index (χ3v) is 11.4. The Morgan fingerprint density at radius 2 is 0.864 bits per heavy atom. The molecule has 276 valence electrons. The van der Waals surface area contributed by atoms with Gasteiger partial charge in [0.25, 0.3) is 0 Å². The molecule has 59 heavy (non-hydrogen) atoms. The molecule has 0 amide bonds. The second kappa shape index (κ2) is 13.3. The number of oxazole rings is 1. The maximum absolute atomic E-state index is 6.20. The normalized spacial score (nSPS) is 11.7. The molecular formula is C53H33N5O. The van der Waals surface area contributed by atoms with Crippen LogP contribution >= 0.6 is 0 Å². The van der Waals surface area contributed by atoms with Crippen molar-refractivity contribution < 1.29 is 4.42 Å². The molecule has 6 heteroatoms. The zero-order valence-corrected chi connectivity index (χ0v) is 31.7. The van der Waals surface area contributed by atoms with Gasteiger partial charge in [0.05, 0.1) is 33.5 Å². The van der Waals surface area contributed by atoms with Gasteiger partial charge >= 0.3 is 0 Å². The molecule has 4 aromatic heterocycles. The van der Waals surface area contributed by atoms with E-state index in [2.05, 4.69) is 161 Å². The van der Waals surface area contributed by atoms with E-state index in [1.807, 2.05) is 48.5 Å². The van der Waals surface area contributed by atoms with Crippen LogP contribution in [-0.2, 0) is 0 Å². The molecule has 0 saturated heterocycles. The molecule has 0 radical (unpaired) electrons. The summed E-state index contributed by atoms with van der Waals surface area (Å²) in [5, 5.41) is 4.75. The number of hydrogen-bond donors (Lipinski definition) is 0. The van der Waals surface area contributed by atoms with E-state index in [0.29, 0.717) is 17.3 Å². The first-order valence-electron chi connectivity index (χ1n) is 19.8. The van der Waals surface area contributed by atoms with Gasteiger partial charge in [-0.3, -0.25) is 0 Å². The van der Waals surface area contributed by atoms with Gasteiger partial charge in [-0.2, -0.15) is 0 Å². The Kier molecular flexibility index (Phi) is 7.43. The lowest BCUT2D eigenvalue weighted by Crippen LogP contribution is -1.97. The van der Waals surface area contributed by atoms with Crippen molar-refractivity contribution in [3.8, 4) is 56.7 Å². The third-order valence-electron chi connectivity index (χ3n) is 11.4. The van der Waals surface area contributed by atoms with Crippen molar-refractivity contribution in [2.45, 2.75) is 0 Å². The molecule has 0 bridgehead atoms. The molecule has 8 aromatic carbocycles. The van der Waals surface area contributed by atoms with E-state index in [1.54, 1.807) is 0 Å². The smallest absolute Gasteiger partial charge is 0.227 e. The van der Waals surface area contributed by atoms with E-state index in [0.717, 1.165) is 78.0 Å². The maximum Gasteiger partial charge on any atom is 0.227 e. The summed E-state index contributed by atoms with van der Waals surface area (Å²) in [4.78, 5) is 15.5. The van der Waals surface area contributed by atoms with Gasteiger partial charge in [-0.15, -0.1) is 0 Å². The molecule has 12 aromatic rings. The highest BCUT2D eigenvalue weighted by molar-refractivity contribution is 6.11. The summed E-state index contributed by atoms with van der Waals surface area (Å²) in [6, 6.07) is 69.8. The lowest BCUT2D eigenvalue weighted by atomic mass is 10.0. The number of hydrogen-bond acceptors (Lipinski definition) is 4. The van der Waals surface area contributed by atoms with Crippen LogP contribution in [0.2, 0.25) is 0 Å². The average Bonchev–Trinajstić information content (AvgIpc) is 3.99. The van der Waals surface area contributed by atoms with Crippen LogP contribution in [-0.4, -0.2) is 24.1 Å². The van der Waals surface area contributed by atoms with E-state index in [4.69, 9.17) is 19.4 Å². The number of fused-ring (bicyclic) bond motifs is 7. The van der Waals surface area contributed by atoms with Crippen LogP contribution < -0.4 is 0 Å². The summed E-state index contributed by atoms with van der Waals surface area (Å²) in [7, 11) is 0. The van der Waals surface area contributed by atoms with Crippen molar-refractivity contribution in [3.63, 3.8) is 0 Å². The molecule has 0 N–H and O–H groups in total. The highest BCUT2D eigenvalue weighted by Crippen LogP contribution is 2.38. The number of rotatable bonds is 6. The standard InChI is InChI=1S/C53H33N5O/c1-4-14-34(15-5-1)53-56-46-31-37(26-29-51(46)59-53)52-54-44(35-25-28-49-43(30-35)41-21-11-13-23-48(41)57(49)38-16-6-2-7-17-38)33-45(55-52)36-24-27-42-40-20-10-12-22-47(40)58(50(42)32-36)39-18-8-3-9-19-39/h1-33H. The first kappa shape index (κ1) is 33.1. The first-order chi connectivity index (χ1) is 29.2. The quantitative estimate of drug-likeness (QED) is 0.170. The fourth-order valence-electron chi connectivity index (χ4n) is 8.62. The second-order valence-electron chi connectivity index (χ2n) is 14.9. The molecule has 0 unspecified atom stereocenters. The molecule has 6 nitrogen and oxygen atoms in total. The Morgan fingerprint density at radius 1 is 0.339 bits per heavy atom. The molecule has 0 saturated carbocycles. The Bertz CT molecular complexity index is 3550. The van der Waals surface area contributed by atoms with E-state index in [1.165, 1.54) is 16.2 Å². The second-order valence-corrected chi connectivity index (χ2v) is 14.9. The van der Waals surface area contributed by atoms with E-state index < -0.39 is 0 Å². The van der Waals surface area contributed by atoms with Gasteiger partial charge < -0.3 is 13.6 Å². The van der Waals surface area contributed by atoms with Crippen molar-refractivity contribution in [1.82, 2.24) is 24.1 Å². The highest BCUT2D eigenvalue weighted by atomic mass is 16.3. The monoisotopic (exact) mass is 755 g/mol. The molecular weight excluding hydrogens is 723 g/mol. The Hall–Kier alpha value is -8.09. The van der Waals surface area contributed by atoms with E-state index >= 15 is 0 Å². The summed E-state index contributed by atoms with van der Waals surface area (Å²) >= 11 is 0. The number of nitrogens with zero attached hydrogens (tertiary/aromatic N) is 5. The van der Waals surface area contributed by atoms with Gasteiger partial charge in [-0.25, -0.2) is 15.0 Å². The molecule has 0 aliphatic rings. The van der Waals surface area contributed by atoms with Crippen LogP contribution in [0.25, 0.3) is 111 Å². The van der Waals surface area contributed by atoms with Gasteiger partial charge in [0.1, 0.15) is 5.52 Å². The zero-order valence-electron chi connectivity index (χ0n) is 31.7. The van der Waals surface area contributed by atoms with E-state index in [-0.39, 0.29) is 0 Å². The lowest BCUT2D eigenvalue weighted by Gasteiger charge is -2.12. The minimum Gasteiger partial charge on any atom is -0.436 e. The number of para-hydroxylation sites is 4. The minimum atomic E-state index is 0.582.